The van der Waals surface area contributed by atoms with E-state index in [0.717, 1.165) is 28.1 Å². The predicted octanol–water partition coefficient (Wildman–Crippen LogP) is 2.92. The predicted molar refractivity (Wildman–Crippen MR) is 84.9 cm³/mol. The fourth-order valence-electron chi connectivity index (χ4n) is 2.18. The van der Waals surface area contributed by atoms with Crippen molar-refractivity contribution in [3.8, 4) is 5.69 Å². The molecule has 1 aromatic carbocycles. The zero-order valence-electron chi connectivity index (χ0n) is 12.6. The first-order valence-electron chi connectivity index (χ1n) is 6.96. The second-order valence-corrected chi connectivity index (χ2v) is 6.30. The van der Waals surface area contributed by atoms with E-state index < -0.39 is 0 Å². The topological polar surface area (TPSA) is 69.4 Å². The first-order valence-corrected chi connectivity index (χ1v) is 7.84. The van der Waals surface area contributed by atoms with E-state index >= 15 is 0 Å². The van der Waals surface area contributed by atoms with Crippen molar-refractivity contribution in [3.63, 3.8) is 0 Å². The van der Waals surface area contributed by atoms with Crippen molar-refractivity contribution >= 4 is 11.8 Å². The molecular formula is C15H16N6S. The SMILES string of the molecule is Cc1cc(S[C@@H](C)c2nnnn2-c2ccccc2)nc(C)n1. The van der Waals surface area contributed by atoms with Crippen LogP contribution in [0, 0.1) is 13.8 Å². The number of para-hydroxylation sites is 1. The summed E-state index contributed by atoms with van der Waals surface area (Å²) in [5.41, 5.74) is 1.91. The van der Waals surface area contributed by atoms with Crippen LogP contribution in [0.15, 0.2) is 41.4 Å². The summed E-state index contributed by atoms with van der Waals surface area (Å²) >= 11 is 1.62. The van der Waals surface area contributed by atoms with Crippen molar-refractivity contribution in [2.24, 2.45) is 0 Å². The molecule has 0 aliphatic rings. The maximum absolute atomic E-state index is 4.46. The monoisotopic (exact) mass is 312 g/mol. The van der Waals surface area contributed by atoms with Crippen LogP contribution < -0.4 is 0 Å². The highest BCUT2D eigenvalue weighted by Crippen LogP contribution is 2.33. The molecule has 0 amide bonds. The standard InChI is InChI=1S/C15H16N6S/c1-10-9-14(17-12(3)16-10)22-11(2)15-18-19-20-21(15)13-7-5-4-6-8-13/h4-9,11H,1-3H3/t11-/m0/s1. The van der Waals surface area contributed by atoms with Gasteiger partial charge in [0.2, 0.25) is 0 Å². The van der Waals surface area contributed by atoms with Crippen molar-refractivity contribution in [2.75, 3.05) is 0 Å². The summed E-state index contributed by atoms with van der Waals surface area (Å²) in [6, 6.07) is 11.8. The van der Waals surface area contributed by atoms with E-state index in [2.05, 4.69) is 32.4 Å². The zero-order valence-corrected chi connectivity index (χ0v) is 13.4. The number of thioether (sulfide) groups is 1. The summed E-state index contributed by atoms with van der Waals surface area (Å²) in [6.07, 6.45) is 0. The molecule has 0 spiro atoms. The van der Waals surface area contributed by atoms with Gasteiger partial charge in [-0.3, -0.25) is 0 Å². The average molecular weight is 312 g/mol. The molecule has 0 bridgehead atoms. The minimum absolute atomic E-state index is 0.0731. The van der Waals surface area contributed by atoms with Gasteiger partial charge in [0, 0.05) is 5.69 Å². The molecule has 0 saturated carbocycles. The van der Waals surface area contributed by atoms with Gasteiger partial charge in [0.1, 0.15) is 10.9 Å². The van der Waals surface area contributed by atoms with Gasteiger partial charge in [-0.25, -0.2) is 9.97 Å². The number of benzene rings is 1. The Balaban J connectivity index is 1.87. The summed E-state index contributed by atoms with van der Waals surface area (Å²) < 4.78 is 1.76. The number of rotatable bonds is 4. The van der Waals surface area contributed by atoms with Gasteiger partial charge in [-0.05, 0) is 49.4 Å². The second kappa shape index (κ2) is 6.23. The molecule has 0 unspecified atom stereocenters. The molecule has 0 fully saturated rings. The maximum Gasteiger partial charge on any atom is 0.169 e. The van der Waals surface area contributed by atoms with Gasteiger partial charge in [-0.15, -0.1) is 5.10 Å². The number of tetrazole rings is 1. The van der Waals surface area contributed by atoms with Crippen LogP contribution in [0.4, 0.5) is 0 Å². The van der Waals surface area contributed by atoms with E-state index in [1.807, 2.05) is 50.2 Å². The van der Waals surface area contributed by atoms with Crippen LogP contribution in [0.5, 0.6) is 0 Å². The highest BCUT2D eigenvalue weighted by molar-refractivity contribution is 7.99. The average Bonchev–Trinajstić information content (AvgIpc) is 2.96. The van der Waals surface area contributed by atoms with Gasteiger partial charge in [0.25, 0.3) is 0 Å². The van der Waals surface area contributed by atoms with Crippen molar-refractivity contribution in [1.82, 2.24) is 30.2 Å². The highest BCUT2D eigenvalue weighted by atomic mass is 32.2. The molecule has 2 heterocycles. The van der Waals surface area contributed by atoms with Crippen LogP contribution in [0.3, 0.4) is 0 Å². The van der Waals surface area contributed by atoms with E-state index in [1.165, 1.54) is 0 Å². The van der Waals surface area contributed by atoms with Crippen LogP contribution in [0.2, 0.25) is 0 Å². The van der Waals surface area contributed by atoms with Gasteiger partial charge in [0.15, 0.2) is 5.82 Å². The van der Waals surface area contributed by atoms with E-state index in [9.17, 15) is 0 Å². The fourth-order valence-corrected chi connectivity index (χ4v) is 3.22. The van der Waals surface area contributed by atoms with Crippen molar-refractivity contribution in [1.29, 1.82) is 0 Å². The van der Waals surface area contributed by atoms with E-state index in [0.29, 0.717) is 0 Å². The van der Waals surface area contributed by atoms with Gasteiger partial charge in [-0.1, -0.05) is 30.0 Å². The second-order valence-electron chi connectivity index (χ2n) is 4.94. The molecule has 6 nitrogen and oxygen atoms in total. The Bertz CT molecular complexity index is 750. The lowest BCUT2D eigenvalue weighted by molar-refractivity contribution is 0.762. The quantitative estimate of drug-likeness (QED) is 0.545. The van der Waals surface area contributed by atoms with Crippen LogP contribution in [-0.2, 0) is 0 Å². The van der Waals surface area contributed by atoms with E-state index in [4.69, 9.17) is 0 Å². The first-order chi connectivity index (χ1) is 10.6. The largest absolute Gasteiger partial charge is 0.238 e. The van der Waals surface area contributed by atoms with Gasteiger partial charge in [-0.2, -0.15) is 4.68 Å². The van der Waals surface area contributed by atoms with Crippen LogP contribution in [0.25, 0.3) is 5.69 Å². The van der Waals surface area contributed by atoms with Crippen LogP contribution >= 0.6 is 11.8 Å². The molecule has 7 heteroatoms. The Morgan fingerprint density at radius 2 is 1.86 bits per heavy atom. The minimum Gasteiger partial charge on any atom is -0.238 e. The van der Waals surface area contributed by atoms with E-state index in [1.54, 1.807) is 16.4 Å². The maximum atomic E-state index is 4.46. The number of aromatic nitrogens is 6. The van der Waals surface area contributed by atoms with Gasteiger partial charge in [0.05, 0.1) is 10.9 Å². The normalized spacial score (nSPS) is 12.3. The molecule has 0 aliphatic heterocycles. The summed E-state index contributed by atoms with van der Waals surface area (Å²) in [4.78, 5) is 8.76. The molecule has 3 aromatic rings. The summed E-state index contributed by atoms with van der Waals surface area (Å²) in [5.74, 6) is 1.57. The van der Waals surface area contributed by atoms with E-state index in [-0.39, 0.29) is 5.25 Å². The Morgan fingerprint density at radius 3 is 2.59 bits per heavy atom. The molecule has 0 radical (unpaired) electrons. The Hall–Kier alpha value is -2.28. The lowest BCUT2D eigenvalue weighted by atomic mass is 10.3. The van der Waals surface area contributed by atoms with Gasteiger partial charge < -0.3 is 0 Å². The summed E-state index contributed by atoms with van der Waals surface area (Å²) in [5, 5.41) is 13.1. The Labute approximate surface area is 133 Å². The molecule has 1 atom stereocenters. The first kappa shape index (κ1) is 14.6. The molecule has 0 N–H and O–H groups in total. The Kier molecular flexibility index (Phi) is 4.15. The molecule has 0 aliphatic carbocycles. The van der Waals surface area contributed by atoms with Crippen LogP contribution in [0.1, 0.15) is 29.5 Å². The number of hydrogen-bond acceptors (Lipinski definition) is 6. The molecule has 3 rings (SSSR count). The Morgan fingerprint density at radius 1 is 1.09 bits per heavy atom. The van der Waals surface area contributed by atoms with Crippen molar-refractivity contribution in [3.05, 3.63) is 53.7 Å². The molecule has 22 heavy (non-hydrogen) atoms. The number of aryl methyl sites for hydroxylation is 2. The number of nitrogens with zero attached hydrogens (tertiary/aromatic N) is 6. The lowest BCUT2D eigenvalue weighted by Gasteiger charge is -2.11. The molecular weight excluding hydrogens is 296 g/mol. The molecule has 112 valence electrons. The summed E-state index contributed by atoms with van der Waals surface area (Å²) in [7, 11) is 0. The summed E-state index contributed by atoms with van der Waals surface area (Å²) in [6.45, 7) is 5.94. The van der Waals surface area contributed by atoms with Gasteiger partial charge >= 0.3 is 0 Å². The number of hydrogen-bond donors (Lipinski definition) is 0. The van der Waals surface area contributed by atoms with Crippen molar-refractivity contribution < 1.29 is 0 Å². The third-order valence-electron chi connectivity index (χ3n) is 3.10. The smallest absolute Gasteiger partial charge is 0.169 e. The molecule has 0 saturated heterocycles. The minimum atomic E-state index is 0.0731. The lowest BCUT2D eigenvalue weighted by Crippen LogP contribution is -2.05. The third kappa shape index (κ3) is 3.14. The fraction of sp³-hybridized carbons (Fsp3) is 0.267. The molecule has 2 aromatic heterocycles. The highest BCUT2D eigenvalue weighted by Gasteiger charge is 2.18. The zero-order chi connectivity index (χ0) is 15.5. The van der Waals surface area contributed by atoms with Crippen molar-refractivity contribution in [2.45, 2.75) is 31.0 Å². The van der Waals surface area contributed by atoms with Crippen LogP contribution in [-0.4, -0.2) is 30.2 Å². The third-order valence-corrected chi connectivity index (χ3v) is 4.11.